The minimum absolute atomic E-state index is 0.705. The Hall–Kier alpha value is -1.10. The highest BCUT2D eigenvalue weighted by atomic mass is 35.5. The first-order valence-corrected chi connectivity index (χ1v) is 8.51. The number of hydrogen-bond acceptors (Lipinski definition) is 4. The smallest absolute Gasteiger partial charge is 0.0898 e. The average molecular weight is 322 g/mol. The van der Waals surface area contributed by atoms with Gasteiger partial charge in [-0.3, -0.25) is 0 Å². The van der Waals surface area contributed by atoms with Crippen LogP contribution in [0, 0.1) is 6.92 Å². The molecule has 112 valence electrons. The van der Waals surface area contributed by atoms with Crippen LogP contribution < -0.4 is 10.2 Å². The molecule has 1 aliphatic carbocycles. The summed E-state index contributed by atoms with van der Waals surface area (Å²) in [5.41, 5.74) is 3.40. The van der Waals surface area contributed by atoms with Crippen LogP contribution in [0.4, 0.5) is 5.69 Å². The number of rotatable bonds is 6. The predicted octanol–water partition coefficient (Wildman–Crippen LogP) is 3.99. The van der Waals surface area contributed by atoms with Crippen molar-refractivity contribution in [1.82, 2.24) is 10.3 Å². The van der Waals surface area contributed by atoms with Gasteiger partial charge in [-0.1, -0.05) is 17.7 Å². The lowest BCUT2D eigenvalue weighted by molar-refractivity contribution is 0.688. The quantitative estimate of drug-likeness (QED) is 0.872. The fraction of sp³-hybridized carbons (Fsp3) is 0.438. The fourth-order valence-corrected chi connectivity index (χ4v) is 3.12. The highest BCUT2D eigenvalue weighted by Gasteiger charge is 2.20. The molecule has 2 aromatic rings. The number of thiazole rings is 1. The van der Waals surface area contributed by atoms with Crippen molar-refractivity contribution >= 4 is 28.6 Å². The molecule has 3 nitrogen and oxygen atoms in total. The first-order valence-electron chi connectivity index (χ1n) is 7.26. The van der Waals surface area contributed by atoms with Crippen LogP contribution in [-0.2, 0) is 13.1 Å². The van der Waals surface area contributed by atoms with Gasteiger partial charge in [0.25, 0.3) is 0 Å². The Kier molecular flexibility index (Phi) is 4.48. The molecule has 0 bridgehead atoms. The lowest BCUT2D eigenvalue weighted by atomic mass is 10.2. The van der Waals surface area contributed by atoms with Crippen molar-refractivity contribution in [2.24, 2.45) is 0 Å². The zero-order valence-electron chi connectivity index (χ0n) is 12.4. The molecule has 1 saturated carbocycles. The van der Waals surface area contributed by atoms with Gasteiger partial charge in [0, 0.05) is 35.7 Å². The molecular formula is C16H20ClN3S. The van der Waals surface area contributed by atoms with Crippen molar-refractivity contribution < 1.29 is 0 Å². The molecule has 0 aliphatic heterocycles. The maximum Gasteiger partial charge on any atom is 0.0898 e. The van der Waals surface area contributed by atoms with Crippen molar-refractivity contribution in [2.75, 3.05) is 11.9 Å². The lowest BCUT2D eigenvalue weighted by Gasteiger charge is -2.19. The van der Waals surface area contributed by atoms with Crippen LogP contribution in [0.1, 0.15) is 29.1 Å². The zero-order valence-corrected chi connectivity index (χ0v) is 14.0. The monoisotopic (exact) mass is 321 g/mol. The summed E-state index contributed by atoms with van der Waals surface area (Å²) < 4.78 is 0. The van der Waals surface area contributed by atoms with E-state index in [9.17, 15) is 0 Å². The molecule has 1 heterocycles. The van der Waals surface area contributed by atoms with E-state index in [0.29, 0.717) is 6.04 Å². The van der Waals surface area contributed by atoms with Gasteiger partial charge < -0.3 is 10.2 Å². The molecule has 0 radical (unpaired) electrons. The molecule has 0 atom stereocenters. The summed E-state index contributed by atoms with van der Waals surface area (Å²) >= 11 is 8.09. The normalized spacial score (nSPS) is 14.4. The van der Waals surface area contributed by atoms with Gasteiger partial charge in [-0.05, 0) is 37.5 Å². The van der Waals surface area contributed by atoms with E-state index in [2.05, 4.69) is 39.8 Å². The van der Waals surface area contributed by atoms with E-state index < -0.39 is 0 Å². The van der Waals surface area contributed by atoms with E-state index in [1.807, 2.05) is 13.0 Å². The summed E-state index contributed by atoms with van der Waals surface area (Å²) in [5, 5.41) is 7.56. The van der Waals surface area contributed by atoms with Crippen molar-refractivity contribution in [3.05, 3.63) is 44.9 Å². The van der Waals surface area contributed by atoms with Crippen LogP contribution in [0.25, 0.3) is 0 Å². The van der Waals surface area contributed by atoms with Crippen molar-refractivity contribution in [2.45, 2.75) is 38.9 Å². The third-order valence-corrected chi connectivity index (χ3v) is 4.88. The second-order valence-electron chi connectivity index (χ2n) is 5.64. The Morgan fingerprint density at radius 1 is 1.43 bits per heavy atom. The maximum absolute atomic E-state index is 6.40. The van der Waals surface area contributed by atoms with E-state index in [-0.39, 0.29) is 0 Å². The Morgan fingerprint density at radius 2 is 2.24 bits per heavy atom. The van der Waals surface area contributed by atoms with Gasteiger partial charge in [-0.25, -0.2) is 4.98 Å². The summed E-state index contributed by atoms with van der Waals surface area (Å²) in [6.45, 7) is 3.70. The summed E-state index contributed by atoms with van der Waals surface area (Å²) in [7, 11) is 2.07. The minimum atomic E-state index is 0.705. The third kappa shape index (κ3) is 3.96. The largest absolute Gasteiger partial charge is 0.369 e. The molecule has 3 rings (SSSR count). The molecule has 0 amide bonds. The first-order chi connectivity index (χ1) is 10.1. The van der Waals surface area contributed by atoms with E-state index >= 15 is 0 Å². The Labute approximate surface area is 135 Å². The molecule has 0 unspecified atom stereocenters. The summed E-state index contributed by atoms with van der Waals surface area (Å²) in [6.07, 6.45) is 2.59. The number of anilines is 1. The van der Waals surface area contributed by atoms with Crippen LogP contribution in [0.5, 0.6) is 0 Å². The number of nitrogens with zero attached hydrogens (tertiary/aromatic N) is 2. The Balaban J connectivity index is 1.65. The molecule has 1 N–H and O–H groups in total. The molecule has 1 aliphatic rings. The number of aromatic nitrogens is 1. The average Bonchev–Trinajstić information content (AvgIpc) is 3.20. The van der Waals surface area contributed by atoms with Crippen LogP contribution >= 0.6 is 22.9 Å². The number of nitrogens with one attached hydrogen (secondary N) is 1. The molecule has 0 spiro atoms. The van der Waals surface area contributed by atoms with Gasteiger partial charge in [-0.15, -0.1) is 11.3 Å². The number of benzene rings is 1. The van der Waals surface area contributed by atoms with Crippen LogP contribution in [0.2, 0.25) is 5.02 Å². The number of hydrogen-bond donors (Lipinski definition) is 1. The first kappa shape index (κ1) is 14.8. The molecule has 21 heavy (non-hydrogen) atoms. The number of halogens is 1. The van der Waals surface area contributed by atoms with Gasteiger partial charge in [0.1, 0.15) is 0 Å². The highest BCUT2D eigenvalue weighted by Crippen LogP contribution is 2.26. The second-order valence-corrected chi connectivity index (χ2v) is 7.11. The van der Waals surface area contributed by atoms with Crippen LogP contribution in [-0.4, -0.2) is 18.1 Å². The maximum atomic E-state index is 6.40. The highest BCUT2D eigenvalue weighted by molar-refractivity contribution is 7.09. The second kappa shape index (κ2) is 6.34. The molecule has 0 saturated heterocycles. The van der Waals surface area contributed by atoms with E-state index in [1.54, 1.807) is 11.3 Å². The van der Waals surface area contributed by atoms with Crippen molar-refractivity contribution in [3.63, 3.8) is 0 Å². The lowest BCUT2D eigenvalue weighted by Crippen LogP contribution is -2.18. The SMILES string of the molecule is Cc1nc(CN(C)c2ccc(CNC3CC3)c(Cl)c2)cs1. The van der Waals surface area contributed by atoms with Gasteiger partial charge in [0.05, 0.1) is 17.2 Å². The summed E-state index contributed by atoms with van der Waals surface area (Å²) in [4.78, 5) is 6.68. The summed E-state index contributed by atoms with van der Waals surface area (Å²) in [6, 6.07) is 7.01. The number of aryl methyl sites for hydroxylation is 1. The Morgan fingerprint density at radius 3 is 2.86 bits per heavy atom. The molecule has 1 aromatic heterocycles. The summed E-state index contributed by atoms with van der Waals surface area (Å²) in [5.74, 6) is 0. The van der Waals surface area contributed by atoms with E-state index in [0.717, 1.165) is 34.5 Å². The van der Waals surface area contributed by atoms with Gasteiger partial charge in [0.2, 0.25) is 0 Å². The molecular weight excluding hydrogens is 302 g/mol. The molecule has 5 heteroatoms. The van der Waals surface area contributed by atoms with E-state index in [4.69, 9.17) is 11.6 Å². The Bertz CT molecular complexity index is 622. The standard InChI is InChI=1S/C16H20ClN3S/c1-11-19-14(10-21-11)9-20(2)15-6-3-12(16(17)7-15)8-18-13-4-5-13/h3,6-7,10,13,18H,4-5,8-9H2,1-2H3. The minimum Gasteiger partial charge on any atom is -0.369 e. The van der Waals surface area contributed by atoms with Crippen LogP contribution in [0.3, 0.4) is 0 Å². The predicted molar refractivity (Wildman–Crippen MR) is 90.3 cm³/mol. The molecule has 1 fully saturated rings. The fourth-order valence-electron chi connectivity index (χ4n) is 2.27. The third-order valence-electron chi connectivity index (χ3n) is 3.70. The van der Waals surface area contributed by atoms with Crippen molar-refractivity contribution in [3.8, 4) is 0 Å². The zero-order chi connectivity index (χ0) is 14.8. The molecule has 1 aromatic carbocycles. The van der Waals surface area contributed by atoms with Crippen molar-refractivity contribution in [1.29, 1.82) is 0 Å². The van der Waals surface area contributed by atoms with Gasteiger partial charge in [-0.2, -0.15) is 0 Å². The topological polar surface area (TPSA) is 28.2 Å². The van der Waals surface area contributed by atoms with Crippen LogP contribution in [0.15, 0.2) is 23.6 Å². The van der Waals surface area contributed by atoms with Gasteiger partial charge >= 0.3 is 0 Å². The van der Waals surface area contributed by atoms with E-state index in [1.165, 1.54) is 18.4 Å². The van der Waals surface area contributed by atoms with Gasteiger partial charge in [0.15, 0.2) is 0 Å².